The van der Waals surface area contributed by atoms with E-state index in [4.69, 9.17) is 4.74 Å². The van der Waals surface area contributed by atoms with Crippen LogP contribution in [-0.2, 0) is 14.3 Å². The average molecular weight is 340 g/mol. The van der Waals surface area contributed by atoms with Crippen LogP contribution >= 0.6 is 0 Å². The van der Waals surface area contributed by atoms with Gasteiger partial charge in [0.1, 0.15) is 0 Å². The summed E-state index contributed by atoms with van der Waals surface area (Å²) in [6.45, 7) is 8.52. The molecule has 2 aliphatic heterocycles. The Morgan fingerprint density at radius 1 is 1.04 bits per heavy atom. The van der Waals surface area contributed by atoms with Crippen molar-refractivity contribution in [2.45, 2.75) is 25.3 Å². The molecule has 2 fully saturated rings. The summed E-state index contributed by atoms with van der Waals surface area (Å²) < 4.78 is 5.05. The molecule has 24 heavy (non-hydrogen) atoms. The highest BCUT2D eigenvalue weighted by Crippen LogP contribution is 2.28. The number of esters is 1. The number of rotatable bonds is 5. The molecule has 0 aromatic rings. The van der Waals surface area contributed by atoms with Crippen LogP contribution in [0.4, 0.5) is 0 Å². The van der Waals surface area contributed by atoms with Crippen LogP contribution in [0.2, 0.25) is 0 Å². The highest BCUT2D eigenvalue weighted by Gasteiger charge is 2.36. The van der Waals surface area contributed by atoms with Gasteiger partial charge in [0.25, 0.3) is 5.91 Å². The third-order valence-corrected chi connectivity index (χ3v) is 5.41. The number of piperazine rings is 1. The molecule has 0 aliphatic carbocycles. The number of hydrogen-bond donors (Lipinski definition) is 0. The van der Waals surface area contributed by atoms with Crippen molar-refractivity contribution < 1.29 is 14.3 Å². The second kappa shape index (κ2) is 8.27. The first-order valence-electron chi connectivity index (χ1n) is 8.82. The second-order valence-corrected chi connectivity index (χ2v) is 7.51. The van der Waals surface area contributed by atoms with E-state index >= 15 is 0 Å². The SMILES string of the molecule is CN1CCC(C)(N2CCN(CC(=O)OCC(=O)N(C)C)CC2)CC1. The van der Waals surface area contributed by atoms with Crippen molar-refractivity contribution in [1.82, 2.24) is 19.6 Å². The number of likely N-dealkylation sites (tertiary alicyclic amines) is 1. The number of carbonyl (C=O) groups is 2. The van der Waals surface area contributed by atoms with Gasteiger partial charge in [-0.1, -0.05) is 0 Å². The summed E-state index contributed by atoms with van der Waals surface area (Å²) in [5.41, 5.74) is 0.289. The van der Waals surface area contributed by atoms with Crippen LogP contribution in [0.1, 0.15) is 19.8 Å². The molecule has 7 nitrogen and oxygen atoms in total. The fourth-order valence-electron chi connectivity index (χ4n) is 3.36. The van der Waals surface area contributed by atoms with Gasteiger partial charge < -0.3 is 14.5 Å². The molecule has 0 N–H and O–H groups in total. The van der Waals surface area contributed by atoms with Crippen LogP contribution in [-0.4, -0.2) is 111 Å². The van der Waals surface area contributed by atoms with Gasteiger partial charge in [0.15, 0.2) is 6.61 Å². The molecule has 1 amide bonds. The number of piperidine rings is 1. The predicted octanol–water partition coefficient (Wildman–Crippen LogP) is -0.280. The molecular formula is C17H32N4O3. The maximum absolute atomic E-state index is 11.9. The predicted molar refractivity (Wildman–Crippen MR) is 92.8 cm³/mol. The van der Waals surface area contributed by atoms with Crippen LogP contribution in [0.15, 0.2) is 0 Å². The minimum atomic E-state index is -0.316. The lowest BCUT2D eigenvalue weighted by Crippen LogP contribution is -2.59. The molecule has 0 spiro atoms. The van der Waals surface area contributed by atoms with E-state index in [2.05, 4.69) is 28.7 Å². The molecule has 0 atom stereocenters. The second-order valence-electron chi connectivity index (χ2n) is 7.51. The van der Waals surface area contributed by atoms with E-state index in [1.807, 2.05) is 0 Å². The lowest BCUT2D eigenvalue weighted by Gasteiger charge is -2.49. The summed E-state index contributed by atoms with van der Waals surface area (Å²) in [7, 11) is 5.49. The molecule has 138 valence electrons. The summed E-state index contributed by atoms with van der Waals surface area (Å²) in [6.07, 6.45) is 2.41. The molecule has 2 rings (SSSR count). The zero-order chi connectivity index (χ0) is 17.7. The Balaban J connectivity index is 1.71. The molecular weight excluding hydrogens is 308 g/mol. The Bertz CT molecular complexity index is 439. The van der Waals surface area contributed by atoms with Crippen molar-refractivity contribution in [2.75, 3.05) is 73.6 Å². The van der Waals surface area contributed by atoms with Gasteiger partial charge in [0.05, 0.1) is 6.54 Å². The van der Waals surface area contributed by atoms with Crippen LogP contribution in [0.25, 0.3) is 0 Å². The fourth-order valence-corrected chi connectivity index (χ4v) is 3.36. The van der Waals surface area contributed by atoms with E-state index in [-0.39, 0.29) is 30.6 Å². The van der Waals surface area contributed by atoms with E-state index in [0.29, 0.717) is 0 Å². The van der Waals surface area contributed by atoms with E-state index in [1.165, 1.54) is 17.7 Å². The van der Waals surface area contributed by atoms with Crippen LogP contribution in [0, 0.1) is 0 Å². The molecule has 0 saturated carbocycles. The molecule has 0 aromatic carbocycles. The third kappa shape index (κ3) is 5.16. The number of likely N-dealkylation sites (N-methyl/N-ethyl adjacent to an activating group) is 1. The topological polar surface area (TPSA) is 56.3 Å². The highest BCUT2D eigenvalue weighted by atomic mass is 16.5. The lowest BCUT2D eigenvalue weighted by atomic mass is 9.87. The molecule has 0 aromatic heterocycles. The van der Waals surface area contributed by atoms with E-state index in [9.17, 15) is 9.59 Å². The summed E-state index contributed by atoms with van der Waals surface area (Å²) in [4.78, 5) is 31.8. The molecule has 2 aliphatic rings. The van der Waals surface area contributed by atoms with Gasteiger partial charge in [-0.15, -0.1) is 0 Å². The van der Waals surface area contributed by atoms with Gasteiger partial charge in [-0.3, -0.25) is 19.4 Å². The number of nitrogens with zero attached hydrogens (tertiary/aromatic N) is 4. The van der Waals surface area contributed by atoms with Crippen molar-refractivity contribution in [1.29, 1.82) is 0 Å². The summed E-state index contributed by atoms with van der Waals surface area (Å²) in [6, 6.07) is 0. The van der Waals surface area contributed by atoms with Gasteiger partial charge in [-0.2, -0.15) is 0 Å². The van der Waals surface area contributed by atoms with Crippen molar-refractivity contribution in [3.8, 4) is 0 Å². The van der Waals surface area contributed by atoms with Gasteiger partial charge in [-0.25, -0.2) is 0 Å². The normalized spacial score (nSPS) is 23.0. The quantitative estimate of drug-likeness (QED) is 0.642. The monoisotopic (exact) mass is 340 g/mol. The molecule has 2 saturated heterocycles. The standard InChI is InChI=1S/C17H32N4O3/c1-17(5-7-19(4)8-6-17)21-11-9-20(10-12-21)13-16(23)24-14-15(22)18(2)3/h5-14H2,1-4H3. The van der Waals surface area contributed by atoms with E-state index in [0.717, 1.165) is 39.3 Å². The van der Waals surface area contributed by atoms with Crippen molar-refractivity contribution in [3.05, 3.63) is 0 Å². The van der Waals surface area contributed by atoms with Crippen LogP contribution < -0.4 is 0 Å². The number of amides is 1. The van der Waals surface area contributed by atoms with Gasteiger partial charge in [0.2, 0.25) is 0 Å². The molecule has 0 radical (unpaired) electrons. The minimum absolute atomic E-state index is 0.169. The van der Waals surface area contributed by atoms with Crippen LogP contribution in [0.5, 0.6) is 0 Å². The van der Waals surface area contributed by atoms with E-state index < -0.39 is 0 Å². The van der Waals surface area contributed by atoms with Crippen LogP contribution in [0.3, 0.4) is 0 Å². The van der Waals surface area contributed by atoms with Gasteiger partial charge in [-0.05, 0) is 39.9 Å². The maximum Gasteiger partial charge on any atom is 0.320 e. The van der Waals surface area contributed by atoms with Crippen molar-refractivity contribution in [3.63, 3.8) is 0 Å². The Morgan fingerprint density at radius 3 is 2.17 bits per heavy atom. The first-order valence-corrected chi connectivity index (χ1v) is 8.82. The summed E-state index contributed by atoms with van der Waals surface area (Å²) in [5, 5.41) is 0. The van der Waals surface area contributed by atoms with Crippen molar-refractivity contribution >= 4 is 11.9 Å². The smallest absolute Gasteiger partial charge is 0.320 e. The summed E-state index contributed by atoms with van der Waals surface area (Å²) >= 11 is 0. The van der Waals surface area contributed by atoms with Gasteiger partial charge >= 0.3 is 5.97 Å². The number of carbonyl (C=O) groups excluding carboxylic acids is 2. The molecule has 0 unspecified atom stereocenters. The van der Waals surface area contributed by atoms with Crippen molar-refractivity contribution in [2.24, 2.45) is 0 Å². The Hall–Kier alpha value is -1.18. The molecule has 2 heterocycles. The third-order valence-electron chi connectivity index (χ3n) is 5.41. The lowest BCUT2D eigenvalue weighted by molar-refractivity contribution is -0.152. The summed E-state index contributed by atoms with van der Waals surface area (Å²) in [5.74, 6) is -0.507. The van der Waals surface area contributed by atoms with Gasteiger partial charge in [0, 0.05) is 45.8 Å². The Kier molecular flexibility index (Phi) is 6.60. The van der Waals surface area contributed by atoms with E-state index in [1.54, 1.807) is 14.1 Å². The Morgan fingerprint density at radius 2 is 1.62 bits per heavy atom. The zero-order valence-corrected chi connectivity index (χ0v) is 15.6. The molecule has 0 bridgehead atoms. The fraction of sp³-hybridized carbons (Fsp3) is 0.882. The molecule has 7 heteroatoms. The minimum Gasteiger partial charge on any atom is -0.455 e. The largest absolute Gasteiger partial charge is 0.455 e. The Labute approximate surface area is 145 Å². The highest BCUT2D eigenvalue weighted by molar-refractivity contribution is 5.80. The zero-order valence-electron chi connectivity index (χ0n) is 15.6. The first-order chi connectivity index (χ1) is 11.3. The number of hydrogen-bond acceptors (Lipinski definition) is 6. The average Bonchev–Trinajstić information content (AvgIpc) is 2.56. The maximum atomic E-state index is 11.9. The first kappa shape index (κ1) is 19.1. The number of ether oxygens (including phenoxy) is 1.